The molecule has 3 heteroatoms. The second-order valence-corrected chi connectivity index (χ2v) is 5.75. The van der Waals surface area contributed by atoms with E-state index in [1.807, 2.05) is 0 Å². The molecule has 2 fully saturated rings. The minimum Gasteiger partial charge on any atom is -0.375 e. The van der Waals surface area contributed by atoms with E-state index < -0.39 is 0 Å². The van der Waals surface area contributed by atoms with Gasteiger partial charge < -0.3 is 14.8 Å². The molecule has 0 aromatic carbocycles. The average Bonchev–Trinajstić information content (AvgIpc) is 2.24. The molecular formula is C13H25NO2. The quantitative estimate of drug-likeness (QED) is 0.744. The zero-order valence-electron chi connectivity index (χ0n) is 11.0. The molecule has 0 amide bonds. The topological polar surface area (TPSA) is 30.5 Å². The Morgan fingerprint density at radius 3 is 2.75 bits per heavy atom. The lowest BCUT2D eigenvalue weighted by atomic mass is 9.80. The highest BCUT2D eigenvalue weighted by Crippen LogP contribution is 2.39. The minimum atomic E-state index is 0.000226. The lowest BCUT2D eigenvalue weighted by Crippen LogP contribution is -2.62. The van der Waals surface area contributed by atoms with Gasteiger partial charge in [0.25, 0.3) is 0 Å². The molecule has 1 N–H and O–H groups in total. The van der Waals surface area contributed by atoms with Gasteiger partial charge in [0, 0.05) is 25.4 Å². The van der Waals surface area contributed by atoms with Gasteiger partial charge in [-0.05, 0) is 27.2 Å². The summed E-state index contributed by atoms with van der Waals surface area (Å²) in [5.41, 5.74) is 0.00909. The number of rotatable bonds is 1. The van der Waals surface area contributed by atoms with E-state index in [9.17, 15) is 0 Å². The Kier molecular flexibility index (Phi) is 3.30. The molecule has 3 nitrogen and oxygen atoms in total. The normalized spacial score (nSPS) is 49.5. The van der Waals surface area contributed by atoms with Crippen LogP contribution in [-0.4, -0.2) is 36.5 Å². The molecular weight excluding hydrogens is 202 g/mol. The van der Waals surface area contributed by atoms with Crippen LogP contribution in [0.3, 0.4) is 0 Å². The molecule has 2 aliphatic rings. The largest absolute Gasteiger partial charge is 0.375 e. The Balaban J connectivity index is 2.07. The molecule has 4 atom stereocenters. The lowest BCUT2D eigenvalue weighted by Gasteiger charge is -2.50. The third kappa shape index (κ3) is 2.27. The Morgan fingerprint density at radius 1 is 1.38 bits per heavy atom. The molecule has 4 unspecified atom stereocenters. The van der Waals surface area contributed by atoms with Crippen LogP contribution in [0.25, 0.3) is 0 Å². The Hall–Kier alpha value is -0.120. The molecule has 0 radical (unpaired) electrons. The number of hydrogen-bond acceptors (Lipinski definition) is 3. The summed E-state index contributed by atoms with van der Waals surface area (Å²) in [6.45, 7) is 10.6. The van der Waals surface area contributed by atoms with Crippen LogP contribution in [0.2, 0.25) is 0 Å². The highest BCUT2D eigenvalue weighted by molar-refractivity contribution is 4.99. The van der Waals surface area contributed by atoms with E-state index in [2.05, 4.69) is 33.0 Å². The van der Waals surface area contributed by atoms with Crippen molar-refractivity contribution < 1.29 is 9.47 Å². The smallest absolute Gasteiger partial charge is 0.0860 e. The molecule has 2 heterocycles. The molecule has 1 spiro atoms. The van der Waals surface area contributed by atoms with E-state index in [-0.39, 0.29) is 11.2 Å². The molecule has 94 valence electrons. The summed E-state index contributed by atoms with van der Waals surface area (Å²) < 4.78 is 12.2. The number of hydrogen-bond donors (Lipinski definition) is 1. The molecule has 0 aromatic rings. The fraction of sp³-hybridized carbons (Fsp3) is 1.00. The fourth-order valence-electron chi connectivity index (χ4n) is 2.83. The van der Waals surface area contributed by atoms with Crippen LogP contribution in [-0.2, 0) is 9.47 Å². The van der Waals surface area contributed by atoms with E-state index >= 15 is 0 Å². The maximum Gasteiger partial charge on any atom is 0.0860 e. The summed E-state index contributed by atoms with van der Waals surface area (Å²) in [5.74, 6) is 0. The molecule has 2 saturated heterocycles. The second kappa shape index (κ2) is 4.28. The zero-order chi connectivity index (χ0) is 11.8. The standard InChI is InChI=1S/C13H25NO2/c1-5-12(4)8-13(6-7-15-12)9-14-10(2)11(3)16-13/h10-11,14H,5-9H2,1-4H3. The van der Waals surface area contributed by atoms with E-state index in [1.165, 1.54) is 0 Å². The molecule has 0 aromatic heterocycles. The maximum atomic E-state index is 6.28. The van der Waals surface area contributed by atoms with Crippen molar-refractivity contribution in [3.8, 4) is 0 Å². The van der Waals surface area contributed by atoms with Crippen molar-refractivity contribution in [1.29, 1.82) is 0 Å². The first-order valence-corrected chi connectivity index (χ1v) is 6.54. The van der Waals surface area contributed by atoms with Gasteiger partial charge in [0.15, 0.2) is 0 Å². The molecule has 0 aliphatic carbocycles. The van der Waals surface area contributed by atoms with Crippen LogP contribution in [0.4, 0.5) is 0 Å². The van der Waals surface area contributed by atoms with Crippen molar-refractivity contribution in [2.75, 3.05) is 13.2 Å². The summed E-state index contributed by atoms with van der Waals surface area (Å²) in [4.78, 5) is 0. The van der Waals surface area contributed by atoms with Gasteiger partial charge in [0.2, 0.25) is 0 Å². The van der Waals surface area contributed by atoms with Gasteiger partial charge in [-0.1, -0.05) is 6.92 Å². The van der Waals surface area contributed by atoms with Crippen LogP contribution in [0.5, 0.6) is 0 Å². The highest BCUT2D eigenvalue weighted by Gasteiger charge is 2.46. The number of nitrogens with one attached hydrogen (secondary N) is 1. The molecule has 2 aliphatic heterocycles. The summed E-state index contributed by atoms with van der Waals surface area (Å²) in [6, 6.07) is 0.460. The summed E-state index contributed by atoms with van der Waals surface area (Å²) >= 11 is 0. The average molecular weight is 227 g/mol. The van der Waals surface area contributed by atoms with Crippen LogP contribution < -0.4 is 5.32 Å². The third-order valence-corrected chi connectivity index (χ3v) is 4.34. The molecule has 0 bridgehead atoms. The van der Waals surface area contributed by atoms with Crippen LogP contribution in [0, 0.1) is 0 Å². The van der Waals surface area contributed by atoms with Gasteiger partial charge >= 0.3 is 0 Å². The van der Waals surface area contributed by atoms with Gasteiger partial charge in [0.05, 0.1) is 23.9 Å². The van der Waals surface area contributed by atoms with E-state index in [0.717, 1.165) is 32.4 Å². The van der Waals surface area contributed by atoms with Crippen LogP contribution in [0.1, 0.15) is 47.0 Å². The SMILES string of the molecule is CCC1(C)CC2(CCO1)CNC(C)C(C)O2. The van der Waals surface area contributed by atoms with Gasteiger partial charge in [0.1, 0.15) is 0 Å². The Morgan fingerprint density at radius 2 is 2.12 bits per heavy atom. The predicted molar refractivity (Wildman–Crippen MR) is 64.6 cm³/mol. The number of morpholine rings is 1. The van der Waals surface area contributed by atoms with Gasteiger partial charge in [-0.25, -0.2) is 0 Å². The van der Waals surface area contributed by atoms with E-state index in [0.29, 0.717) is 12.1 Å². The van der Waals surface area contributed by atoms with Crippen LogP contribution >= 0.6 is 0 Å². The summed E-state index contributed by atoms with van der Waals surface area (Å²) in [6.07, 6.45) is 3.39. The monoisotopic (exact) mass is 227 g/mol. The third-order valence-electron chi connectivity index (χ3n) is 4.34. The van der Waals surface area contributed by atoms with Gasteiger partial charge in [-0.15, -0.1) is 0 Å². The van der Waals surface area contributed by atoms with Gasteiger partial charge in [-0.2, -0.15) is 0 Å². The maximum absolute atomic E-state index is 6.28. The highest BCUT2D eigenvalue weighted by atomic mass is 16.5. The first kappa shape index (κ1) is 12.3. The van der Waals surface area contributed by atoms with E-state index in [4.69, 9.17) is 9.47 Å². The fourth-order valence-corrected chi connectivity index (χ4v) is 2.83. The van der Waals surface area contributed by atoms with E-state index in [1.54, 1.807) is 0 Å². The van der Waals surface area contributed by atoms with Crippen molar-refractivity contribution >= 4 is 0 Å². The molecule has 0 saturated carbocycles. The summed E-state index contributed by atoms with van der Waals surface area (Å²) in [7, 11) is 0. The predicted octanol–water partition coefficient (Wildman–Crippen LogP) is 2.10. The minimum absolute atomic E-state index is 0.000226. The molecule has 2 rings (SSSR count). The van der Waals surface area contributed by atoms with Crippen molar-refractivity contribution in [3.63, 3.8) is 0 Å². The second-order valence-electron chi connectivity index (χ2n) is 5.75. The van der Waals surface area contributed by atoms with Crippen molar-refractivity contribution in [2.24, 2.45) is 0 Å². The Labute approximate surface area is 98.9 Å². The van der Waals surface area contributed by atoms with Crippen molar-refractivity contribution in [3.05, 3.63) is 0 Å². The van der Waals surface area contributed by atoms with Gasteiger partial charge in [-0.3, -0.25) is 0 Å². The van der Waals surface area contributed by atoms with Crippen LogP contribution in [0.15, 0.2) is 0 Å². The summed E-state index contributed by atoms with van der Waals surface area (Å²) in [5, 5.41) is 3.57. The first-order chi connectivity index (χ1) is 7.49. The Bertz CT molecular complexity index is 258. The number of ether oxygens (including phenoxy) is 2. The zero-order valence-corrected chi connectivity index (χ0v) is 11.0. The lowest BCUT2D eigenvalue weighted by molar-refractivity contribution is -0.209. The first-order valence-electron chi connectivity index (χ1n) is 6.54. The van der Waals surface area contributed by atoms with Crippen molar-refractivity contribution in [1.82, 2.24) is 5.32 Å². The molecule has 16 heavy (non-hydrogen) atoms. The van der Waals surface area contributed by atoms with Crippen molar-refractivity contribution in [2.45, 2.75) is 70.3 Å².